The van der Waals surface area contributed by atoms with Crippen LogP contribution in [-0.4, -0.2) is 40.1 Å². The van der Waals surface area contributed by atoms with E-state index in [1.165, 1.54) is 0 Å². The van der Waals surface area contributed by atoms with Gasteiger partial charge in [0.1, 0.15) is 10.7 Å². The van der Waals surface area contributed by atoms with E-state index in [1.54, 1.807) is 24.3 Å². The van der Waals surface area contributed by atoms with Crippen LogP contribution in [0.5, 0.6) is 0 Å². The molecule has 160 valence electrons. The lowest BCUT2D eigenvalue weighted by molar-refractivity contribution is -0.138. The van der Waals surface area contributed by atoms with Gasteiger partial charge in [-0.25, -0.2) is 0 Å². The van der Waals surface area contributed by atoms with Crippen molar-refractivity contribution in [3.8, 4) is 0 Å². The Labute approximate surface area is 186 Å². The minimum Gasteiger partial charge on any atom is -0.350 e. The zero-order valence-electron chi connectivity index (χ0n) is 17.3. The molecule has 31 heavy (non-hydrogen) atoms. The number of nitrogens with one attached hydrogen (secondary N) is 1. The van der Waals surface area contributed by atoms with Crippen LogP contribution in [0.2, 0.25) is 0 Å². The van der Waals surface area contributed by atoms with Gasteiger partial charge in [-0.1, -0.05) is 41.9 Å². The summed E-state index contributed by atoms with van der Waals surface area (Å²) in [6.07, 6.45) is 3.20. The standard InChI is InChI=1S/C24H24ClN3O3/c1-16-7-5-6-14-27(16)22(29)18-10-12-19(13-11-18)26-21-20(25)23(30)28(24(21)31)15-17-8-3-2-4-9-17/h2-4,8-13,16,26H,5-7,14-15H2,1H3. The number of rotatable bonds is 5. The molecule has 3 amide bonds. The zero-order chi connectivity index (χ0) is 22.0. The Bertz CT molecular complexity index is 1030. The van der Waals surface area contributed by atoms with Crippen LogP contribution in [0.4, 0.5) is 5.69 Å². The van der Waals surface area contributed by atoms with Gasteiger partial charge in [-0.3, -0.25) is 19.3 Å². The largest absolute Gasteiger partial charge is 0.350 e. The first-order valence-corrected chi connectivity index (χ1v) is 10.8. The lowest BCUT2D eigenvalue weighted by Gasteiger charge is -2.33. The summed E-state index contributed by atoms with van der Waals surface area (Å²) in [7, 11) is 0. The first-order chi connectivity index (χ1) is 15.0. The average molecular weight is 438 g/mol. The van der Waals surface area contributed by atoms with Gasteiger partial charge in [0.25, 0.3) is 17.7 Å². The predicted octanol–water partition coefficient (Wildman–Crippen LogP) is 4.13. The number of carbonyl (C=O) groups excluding carboxylic acids is 3. The SMILES string of the molecule is CC1CCCCN1C(=O)c1ccc(NC2=C(Cl)C(=O)N(Cc3ccccc3)C2=O)cc1. The molecule has 2 aliphatic heterocycles. The van der Waals surface area contributed by atoms with E-state index < -0.39 is 11.8 Å². The third-order valence-corrected chi connectivity index (χ3v) is 6.11. The van der Waals surface area contributed by atoms with Gasteiger partial charge in [0, 0.05) is 23.8 Å². The lowest BCUT2D eigenvalue weighted by Crippen LogP contribution is -2.42. The van der Waals surface area contributed by atoms with Gasteiger partial charge >= 0.3 is 0 Å². The topological polar surface area (TPSA) is 69.7 Å². The van der Waals surface area contributed by atoms with Gasteiger partial charge in [0.2, 0.25) is 0 Å². The highest BCUT2D eigenvalue weighted by Gasteiger charge is 2.37. The third-order valence-electron chi connectivity index (χ3n) is 5.76. The van der Waals surface area contributed by atoms with Crippen molar-refractivity contribution in [2.75, 3.05) is 11.9 Å². The molecular weight excluding hydrogens is 414 g/mol. The van der Waals surface area contributed by atoms with Crippen LogP contribution in [0.3, 0.4) is 0 Å². The van der Waals surface area contributed by atoms with Gasteiger partial charge in [-0.2, -0.15) is 0 Å². The highest BCUT2D eigenvalue weighted by Crippen LogP contribution is 2.27. The Kier molecular flexibility index (Phi) is 6.09. The molecule has 1 unspecified atom stereocenters. The predicted molar refractivity (Wildman–Crippen MR) is 119 cm³/mol. The van der Waals surface area contributed by atoms with E-state index in [2.05, 4.69) is 12.2 Å². The zero-order valence-corrected chi connectivity index (χ0v) is 18.1. The summed E-state index contributed by atoms with van der Waals surface area (Å²) in [6.45, 7) is 3.00. The van der Waals surface area contributed by atoms with Gasteiger partial charge < -0.3 is 10.2 Å². The Morgan fingerprint density at radius 3 is 2.42 bits per heavy atom. The van der Waals surface area contributed by atoms with E-state index in [9.17, 15) is 14.4 Å². The maximum Gasteiger partial charge on any atom is 0.279 e. The molecule has 2 aromatic rings. The minimum absolute atomic E-state index is 0.0113. The van der Waals surface area contributed by atoms with Crippen molar-refractivity contribution in [3.05, 3.63) is 76.5 Å². The fourth-order valence-corrected chi connectivity index (χ4v) is 4.20. The molecule has 6 nitrogen and oxygen atoms in total. The smallest absolute Gasteiger partial charge is 0.279 e. The molecular formula is C24H24ClN3O3. The molecule has 0 bridgehead atoms. The highest BCUT2D eigenvalue weighted by atomic mass is 35.5. The van der Waals surface area contributed by atoms with Gasteiger partial charge in [-0.05, 0) is 56.0 Å². The molecule has 1 saturated heterocycles. The molecule has 0 spiro atoms. The number of benzene rings is 2. The molecule has 1 atom stereocenters. The molecule has 4 rings (SSSR count). The molecule has 0 aromatic heterocycles. The normalized spacial score (nSPS) is 19.2. The number of hydrogen-bond acceptors (Lipinski definition) is 4. The van der Waals surface area contributed by atoms with Crippen LogP contribution in [0.25, 0.3) is 0 Å². The van der Waals surface area contributed by atoms with Crippen LogP contribution in [0.15, 0.2) is 65.3 Å². The van der Waals surface area contributed by atoms with Gasteiger partial charge in [-0.15, -0.1) is 0 Å². The van der Waals surface area contributed by atoms with Crippen molar-refractivity contribution in [1.29, 1.82) is 0 Å². The minimum atomic E-state index is -0.524. The number of nitrogens with zero attached hydrogens (tertiary/aromatic N) is 2. The summed E-state index contributed by atoms with van der Waals surface area (Å²) >= 11 is 6.18. The average Bonchev–Trinajstić information content (AvgIpc) is 2.98. The van der Waals surface area contributed by atoms with Crippen LogP contribution < -0.4 is 5.32 Å². The van der Waals surface area contributed by atoms with Gasteiger partial charge in [0.05, 0.1) is 6.54 Å². The van der Waals surface area contributed by atoms with E-state index in [-0.39, 0.29) is 29.2 Å². The van der Waals surface area contributed by atoms with Gasteiger partial charge in [0.15, 0.2) is 0 Å². The molecule has 1 N–H and O–H groups in total. The first kappa shape index (κ1) is 21.1. The number of amides is 3. The highest BCUT2D eigenvalue weighted by molar-refractivity contribution is 6.48. The van der Waals surface area contributed by atoms with E-state index in [0.29, 0.717) is 11.3 Å². The molecule has 2 heterocycles. The fourth-order valence-electron chi connectivity index (χ4n) is 3.97. The number of likely N-dealkylation sites (tertiary alicyclic amines) is 1. The second-order valence-electron chi connectivity index (χ2n) is 7.92. The first-order valence-electron chi connectivity index (χ1n) is 10.4. The van der Waals surface area contributed by atoms with Crippen LogP contribution >= 0.6 is 11.6 Å². The molecule has 2 aromatic carbocycles. The molecule has 1 fully saturated rings. The molecule has 0 aliphatic carbocycles. The summed E-state index contributed by atoms with van der Waals surface area (Å²) in [5.41, 5.74) is 2.06. The molecule has 0 saturated carbocycles. The quantitative estimate of drug-likeness (QED) is 0.714. The maximum absolute atomic E-state index is 12.8. The lowest BCUT2D eigenvalue weighted by atomic mass is 10.0. The second-order valence-corrected chi connectivity index (χ2v) is 8.29. The number of carbonyl (C=O) groups is 3. The molecule has 0 radical (unpaired) electrons. The second kappa shape index (κ2) is 8.94. The monoisotopic (exact) mass is 437 g/mol. The van der Waals surface area contributed by atoms with Crippen molar-refractivity contribution < 1.29 is 14.4 Å². The Morgan fingerprint density at radius 1 is 1.03 bits per heavy atom. The van der Waals surface area contributed by atoms with E-state index in [0.717, 1.165) is 36.3 Å². The summed E-state index contributed by atoms with van der Waals surface area (Å²) < 4.78 is 0. The van der Waals surface area contributed by atoms with Crippen molar-refractivity contribution in [3.63, 3.8) is 0 Å². The Balaban J connectivity index is 1.45. The molecule has 2 aliphatic rings. The van der Waals surface area contributed by atoms with E-state index >= 15 is 0 Å². The van der Waals surface area contributed by atoms with Crippen LogP contribution in [0.1, 0.15) is 42.1 Å². The Morgan fingerprint density at radius 2 is 1.74 bits per heavy atom. The maximum atomic E-state index is 12.8. The van der Waals surface area contributed by atoms with Crippen molar-refractivity contribution >= 4 is 35.0 Å². The summed E-state index contributed by atoms with van der Waals surface area (Å²) in [4.78, 5) is 41.1. The summed E-state index contributed by atoms with van der Waals surface area (Å²) in [5, 5.41) is 2.82. The van der Waals surface area contributed by atoms with Crippen molar-refractivity contribution in [2.24, 2.45) is 0 Å². The number of hydrogen-bond donors (Lipinski definition) is 1. The number of anilines is 1. The Hall–Kier alpha value is -3.12. The third kappa shape index (κ3) is 4.35. The molecule has 7 heteroatoms. The summed E-state index contributed by atoms with van der Waals surface area (Å²) in [5.74, 6) is -0.984. The van der Waals surface area contributed by atoms with E-state index in [1.807, 2.05) is 35.2 Å². The number of piperidine rings is 1. The van der Waals surface area contributed by atoms with Crippen molar-refractivity contribution in [1.82, 2.24) is 9.80 Å². The summed E-state index contributed by atoms with van der Waals surface area (Å²) in [6, 6.07) is 16.4. The van der Waals surface area contributed by atoms with Crippen molar-refractivity contribution in [2.45, 2.75) is 38.8 Å². The van der Waals surface area contributed by atoms with Crippen LogP contribution in [0, 0.1) is 0 Å². The number of imide groups is 1. The fraction of sp³-hybridized carbons (Fsp3) is 0.292. The van der Waals surface area contributed by atoms with Crippen LogP contribution in [-0.2, 0) is 16.1 Å². The van der Waals surface area contributed by atoms with E-state index in [4.69, 9.17) is 11.6 Å². The number of halogens is 1.